The second-order valence-corrected chi connectivity index (χ2v) is 6.39. The first-order chi connectivity index (χ1) is 9.07. The number of nitrogens with zero attached hydrogens (tertiary/aromatic N) is 3. The number of hydrogen-bond donors (Lipinski definition) is 1. The van der Waals surface area contributed by atoms with E-state index in [0.29, 0.717) is 17.5 Å². The molecule has 0 spiro atoms. The molecule has 1 aliphatic rings. The van der Waals surface area contributed by atoms with E-state index in [2.05, 4.69) is 47.8 Å². The number of hydrogen-bond acceptors (Lipinski definition) is 3. The number of rotatable bonds is 6. The summed E-state index contributed by atoms with van der Waals surface area (Å²) in [5.41, 5.74) is 0.420. The molecular weight excluding hydrogens is 236 g/mol. The molecule has 1 heterocycles. The van der Waals surface area contributed by atoms with Crippen molar-refractivity contribution in [3.8, 4) is 0 Å². The van der Waals surface area contributed by atoms with Crippen LogP contribution in [0.3, 0.4) is 0 Å². The van der Waals surface area contributed by atoms with Gasteiger partial charge in [-0.1, -0.05) is 26.7 Å². The largest absolute Gasteiger partial charge is 0.313 e. The third-order valence-corrected chi connectivity index (χ3v) is 4.56. The zero-order valence-electron chi connectivity index (χ0n) is 12.8. The lowest BCUT2D eigenvalue weighted by Gasteiger charge is -2.34. The highest BCUT2D eigenvalue weighted by Crippen LogP contribution is 2.41. The standard InChI is InChI=1S/C15H28N4/c1-5-16-13(15(4)8-6-7-9-15)10-14-17-11-18-19(14)12(2)3/h11-13,16H,5-10H2,1-4H3. The quantitative estimate of drug-likeness (QED) is 0.859. The van der Waals surface area contributed by atoms with Crippen molar-refractivity contribution in [1.82, 2.24) is 20.1 Å². The predicted molar refractivity (Wildman–Crippen MR) is 78.2 cm³/mol. The predicted octanol–water partition coefficient (Wildman–Crippen LogP) is 2.96. The highest BCUT2D eigenvalue weighted by molar-refractivity contribution is 4.99. The minimum atomic E-state index is 0.385. The summed E-state index contributed by atoms with van der Waals surface area (Å²) in [5, 5.41) is 8.04. The second kappa shape index (κ2) is 6.04. The Kier molecular flexibility index (Phi) is 4.61. The Morgan fingerprint density at radius 1 is 1.37 bits per heavy atom. The zero-order valence-corrected chi connectivity index (χ0v) is 12.8. The van der Waals surface area contributed by atoms with Gasteiger partial charge in [-0.3, -0.25) is 0 Å². The molecule has 1 aromatic rings. The van der Waals surface area contributed by atoms with Gasteiger partial charge < -0.3 is 5.32 Å². The molecule has 0 aliphatic heterocycles. The van der Waals surface area contributed by atoms with E-state index >= 15 is 0 Å². The molecule has 0 bridgehead atoms. The van der Waals surface area contributed by atoms with Crippen LogP contribution in [-0.4, -0.2) is 27.4 Å². The molecule has 19 heavy (non-hydrogen) atoms. The Hall–Kier alpha value is -0.900. The molecule has 1 aromatic heterocycles. The van der Waals surface area contributed by atoms with Gasteiger partial charge in [-0.2, -0.15) is 5.10 Å². The molecular formula is C15H28N4. The van der Waals surface area contributed by atoms with Crippen molar-refractivity contribution in [3.05, 3.63) is 12.2 Å². The maximum atomic E-state index is 4.47. The lowest BCUT2D eigenvalue weighted by molar-refractivity contribution is 0.217. The van der Waals surface area contributed by atoms with Gasteiger partial charge in [0, 0.05) is 18.5 Å². The number of likely N-dealkylation sites (N-methyl/N-ethyl adjacent to an activating group) is 1. The summed E-state index contributed by atoms with van der Waals surface area (Å²) in [7, 11) is 0. The van der Waals surface area contributed by atoms with Crippen molar-refractivity contribution in [3.63, 3.8) is 0 Å². The van der Waals surface area contributed by atoms with Crippen LogP contribution in [0, 0.1) is 5.41 Å². The van der Waals surface area contributed by atoms with Crippen molar-refractivity contribution in [2.24, 2.45) is 5.41 Å². The van der Waals surface area contributed by atoms with Crippen LogP contribution < -0.4 is 5.32 Å². The van der Waals surface area contributed by atoms with Crippen molar-refractivity contribution in [2.75, 3.05) is 6.54 Å². The highest BCUT2D eigenvalue weighted by atomic mass is 15.3. The Balaban J connectivity index is 2.14. The van der Waals surface area contributed by atoms with Gasteiger partial charge in [-0.05, 0) is 38.6 Å². The first-order valence-corrected chi connectivity index (χ1v) is 7.68. The molecule has 1 fully saturated rings. The Morgan fingerprint density at radius 2 is 2.05 bits per heavy atom. The zero-order chi connectivity index (χ0) is 13.9. The monoisotopic (exact) mass is 264 g/mol. The van der Waals surface area contributed by atoms with E-state index in [1.54, 1.807) is 6.33 Å². The Labute approximate surface area is 117 Å². The van der Waals surface area contributed by atoms with Crippen LogP contribution in [0.4, 0.5) is 0 Å². The van der Waals surface area contributed by atoms with Crippen molar-refractivity contribution >= 4 is 0 Å². The molecule has 1 unspecified atom stereocenters. The summed E-state index contributed by atoms with van der Waals surface area (Å²) in [6.45, 7) is 9.98. The Bertz CT molecular complexity index is 391. The fourth-order valence-electron chi connectivity index (χ4n) is 3.38. The highest BCUT2D eigenvalue weighted by Gasteiger charge is 2.37. The molecule has 0 saturated heterocycles. The summed E-state index contributed by atoms with van der Waals surface area (Å²) in [6.07, 6.45) is 8.09. The molecule has 0 aromatic carbocycles. The van der Waals surface area contributed by atoms with E-state index in [0.717, 1.165) is 18.8 Å². The van der Waals surface area contributed by atoms with Gasteiger partial charge in [0.15, 0.2) is 0 Å². The third kappa shape index (κ3) is 3.16. The van der Waals surface area contributed by atoms with Gasteiger partial charge in [0.05, 0.1) is 0 Å². The molecule has 0 amide bonds. The molecule has 4 heteroatoms. The van der Waals surface area contributed by atoms with Gasteiger partial charge >= 0.3 is 0 Å². The summed E-state index contributed by atoms with van der Waals surface area (Å²) in [6, 6.07) is 0.901. The average Bonchev–Trinajstić information content (AvgIpc) is 2.98. The number of aromatic nitrogens is 3. The van der Waals surface area contributed by atoms with Crippen LogP contribution in [-0.2, 0) is 6.42 Å². The van der Waals surface area contributed by atoms with Crippen LogP contribution in [0.1, 0.15) is 65.2 Å². The first kappa shape index (κ1) is 14.5. The Morgan fingerprint density at radius 3 is 2.63 bits per heavy atom. The normalized spacial score (nSPS) is 20.1. The van der Waals surface area contributed by atoms with E-state index in [1.807, 2.05) is 0 Å². The first-order valence-electron chi connectivity index (χ1n) is 7.68. The summed E-state index contributed by atoms with van der Waals surface area (Å²) in [5.74, 6) is 1.12. The molecule has 4 nitrogen and oxygen atoms in total. The SMILES string of the molecule is CCNC(Cc1ncnn1C(C)C)C1(C)CCCC1. The van der Waals surface area contributed by atoms with E-state index in [9.17, 15) is 0 Å². The van der Waals surface area contributed by atoms with Crippen LogP contribution >= 0.6 is 0 Å². The molecule has 2 rings (SSSR count). The molecule has 1 N–H and O–H groups in total. The van der Waals surface area contributed by atoms with Gasteiger partial charge in [0.1, 0.15) is 12.2 Å². The molecule has 0 radical (unpaired) electrons. The molecule has 1 saturated carbocycles. The smallest absolute Gasteiger partial charge is 0.138 e. The minimum Gasteiger partial charge on any atom is -0.313 e. The molecule has 108 valence electrons. The summed E-state index contributed by atoms with van der Waals surface area (Å²) < 4.78 is 2.06. The lowest BCUT2D eigenvalue weighted by Crippen LogP contribution is -2.44. The summed E-state index contributed by atoms with van der Waals surface area (Å²) in [4.78, 5) is 4.47. The fraction of sp³-hybridized carbons (Fsp3) is 0.867. The van der Waals surface area contributed by atoms with Crippen LogP contribution in [0.2, 0.25) is 0 Å². The van der Waals surface area contributed by atoms with Gasteiger partial charge in [-0.15, -0.1) is 0 Å². The van der Waals surface area contributed by atoms with Gasteiger partial charge in [-0.25, -0.2) is 9.67 Å². The van der Waals surface area contributed by atoms with Crippen molar-refractivity contribution in [2.45, 2.75) is 71.9 Å². The van der Waals surface area contributed by atoms with Crippen molar-refractivity contribution < 1.29 is 0 Å². The van der Waals surface area contributed by atoms with E-state index in [4.69, 9.17) is 0 Å². The fourth-order valence-corrected chi connectivity index (χ4v) is 3.38. The maximum Gasteiger partial charge on any atom is 0.138 e. The molecule has 1 aliphatic carbocycles. The minimum absolute atomic E-state index is 0.385. The van der Waals surface area contributed by atoms with E-state index < -0.39 is 0 Å². The topological polar surface area (TPSA) is 42.7 Å². The van der Waals surface area contributed by atoms with Crippen LogP contribution in [0.25, 0.3) is 0 Å². The van der Waals surface area contributed by atoms with E-state index in [1.165, 1.54) is 25.7 Å². The average molecular weight is 264 g/mol. The third-order valence-electron chi connectivity index (χ3n) is 4.56. The molecule has 1 atom stereocenters. The number of nitrogens with one attached hydrogen (secondary N) is 1. The van der Waals surface area contributed by atoms with E-state index in [-0.39, 0.29) is 0 Å². The van der Waals surface area contributed by atoms with Crippen LogP contribution in [0.15, 0.2) is 6.33 Å². The van der Waals surface area contributed by atoms with Gasteiger partial charge in [0.25, 0.3) is 0 Å². The van der Waals surface area contributed by atoms with Crippen molar-refractivity contribution in [1.29, 1.82) is 0 Å². The summed E-state index contributed by atoms with van der Waals surface area (Å²) >= 11 is 0. The lowest BCUT2D eigenvalue weighted by atomic mass is 9.79. The maximum absolute atomic E-state index is 4.47. The second-order valence-electron chi connectivity index (χ2n) is 6.39. The van der Waals surface area contributed by atoms with Crippen LogP contribution in [0.5, 0.6) is 0 Å². The van der Waals surface area contributed by atoms with Gasteiger partial charge in [0.2, 0.25) is 0 Å².